The number of aliphatic imine (C=N–C) groups is 1. The Morgan fingerprint density at radius 1 is 1.50 bits per heavy atom. The van der Waals surface area contributed by atoms with Gasteiger partial charge in [-0.3, -0.25) is 0 Å². The summed E-state index contributed by atoms with van der Waals surface area (Å²) in [5.41, 5.74) is 1.23. The van der Waals surface area contributed by atoms with E-state index in [1.165, 1.54) is 0 Å². The van der Waals surface area contributed by atoms with E-state index in [2.05, 4.69) is 39.8 Å². The quantitative estimate of drug-likeness (QED) is 0.456. The number of hydrogen-bond acceptors (Lipinski definition) is 5. The summed E-state index contributed by atoms with van der Waals surface area (Å²) in [6, 6.07) is 2.01. The molecule has 0 bridgehead atoms. The lowest BCUT2D eigenvalue weighted by Gasteiger charge is -2.17. The highest BCUT2D eigenvalue weighted by atomic mass is 79.9. The smallest absolute Gasteiger partial charge is 0.307 e. The second-order valence-electron chi connectivity index (χ2n) is 4.67. The summed E-state index contributed by atoms with van der Waals surface area (Å²) in [5.74, 6) is 0.0150. The van der Waals surface area contributed by atoms with Gasteiger partial charge in [-0.2, -0.15) is 8.42 Å². The van der Waals surface area contributed by atoms with Crippen LogP contribution < -0.4 is 4.18 Å². The first kappa shape index (κ1) is 16.9. The Bertz CT molecular complexity index is 615. The Morgan fingerprint density at radius 2 is 2.10 bits per heavy atom. The molecule has 0 N–H and O–H groups in total. The molecule has 8 heteroatoms. The number of halogens is 1. The molecule has 1 aromatic heterocycles. The molecule has 0 aliphatic carbocycles. The molecule has 0 saturated heterocycles. The molecular weight excluding hydrogens is 346 g/mol. The van der Waals surface area contributed by atoms with Gasteiger partial charge >= 0.3 is 10.1 Å². The van der Waals surface area contributed by atoms with E-state index >= 15 is 0 Å². The van der Waals surface area contributed by atoms with Crippen molar-refractivity contribution < 1.29 is 12.6 Å². The fourth-order valence-electron chi connectivity index (χ4n) is 1.17. The van der Waals surface area contributed by atoms with Crippen molar-refractivity contribution >= 4 is 38.1 Å². The van der Waals surface area contributed by atoms with Crippen LogP contribution in [-0.2, 0) is 10.1 Å². The maximum atomic E-state index is 11.1. The number of hydrogen-bond donors (Lipinski definition) is 0. The summed E-state index contributed by atoms with van der Waals surface area (Å²) in [4.78, 5) is 10.4. The molecule has 0 spiro atoms. The second-order valence-corrected chi connectivity index (χ2v) is 7.10. The number of rotatable bonds is 5. The Balaban J connectivity index is 3.06. The standard InChI is InChI=1S/C12H18BrN3O3S/c1-8(2)16(4)7-14-11-6-10(13)12(15-9(11)3)19-20(5,17)18/h6-8H,1-5H3/b14-7+. The van der Waals surface area contributed by atoms with Crippen molar-refractivity contribution in [1.29, 1.82) is 0 Å². The Morgan fingerprint density at radius 3 is 2.60 bits per heavy atom. The van der Waals surface area contributed by atoms with Crippen LogP contribution in [0.15, 0.2) is 15.5 Å². The van der Waals surface area contributed by atoms with Gasteiger partial charge in [0.15, 0.2) is 0 Å². The van der Waals surface area contributed by atoms with Crippen molar-refractivity contribution in [3.8, 4) is 5.88 Å². The minimum absolute atomic E-state index is 0.0150. The van der Waals surface area contributed by atoms with Gasteiger partial charge < -0.3 is 9.08 Å². The van der Waals surface area contributed by atoms with E-state index in [0.29, 0.717) is 21.9 Å². The van der Waals surface area contributed by atoms with Crippen molar-refractivity contribution in [2.45, 2.75) is 26.8 Å². The Hall–Kier alpha value is -1.15. The van der Waals surface area contributed by atoms with Crippen LogP contribution in [-0.4, -0.2) is 44.0 Å². The SMILES string of the molecule is Cc1nc(OS(C)(=O)=O)c(Br)cc1/N=C/N(C)C(C)C. The van der Waals surface area contributed by atoms with Gasteiger partial charge in [-0.25, -0.2) is 9.98 Å². The molecule has 1 rings (SSSR count). The lowest BCUT2D eigenvalue weighted by atomic mass is 10.3. The first-order chi connectivity index (χ1) is 9.10. The third kappa shape index (κ3) is 5.09. The zero-order chi connectivity index (χ0) is 15.5. The van der Waals surface area contributed by atoms with Gasteiger partial charge in [-0.1, -0.05) is 0 Å². The van der Waals surface area contributed by atoms with E-state index in [4.69, 9.17) is 4.18 Å². The maximum absolute atomic E-state index is 11.1. The molecule has 1 aromatic rings. The molecule has 0 radical (unpaired) electrons. The minimum Gasteiger partial charge on any atom is -0.363 e. The van der Waals surface area contributed by atoms with Gasteiger partial charge in [-0.05, 0) is 42.8 Å². The van der Waals surface area contributed by atoms with Crippen LogP contribution in [0.4, 0.5) is 5.69 Å². The zero-order valence-corrected chi connectivity index (χ0v) is 14.5. The van der Waals surface area contributed by atoms with E-state index in [1.807, 2.05) is 11.9 Å². The van der Waals surface area contributed by atoms with Gasteiger partial charge in [0.2, 0.25) is 5.88 Å². The zero-order valence-electron chi connectivity index (χ0n) is 12.1. The molecule has 112 valence electrons. The third-order valence-electron chi connectivity index (χ3n) is 2.53. The molecule has 0 amide bonds. The molecule has 0 saturated carbocycles. The first-order valence-corrected chi connectivity index (χ1v) is 8.54. The highest BCUT2D eigenvalue weighted by Crippen LogP contribution is 2.30. The van der Waals surface area contributed by atoms with Crippen LogP contribution in [0.25, 0.3) is 0 Å². The average molecular weight is 364 g/mol. The van der Waals surface area contributed by atoms with Gasteiger partial charge in [0.1, 0.15) is 0 Å². The molecule has 0 aromatic carbocycles. The van der Waals surface area contributed by atoms with Crippen molar-refractivity contribution in [3.05, 3.63) is 16.2 Å². The molecular formula is C12H18BrN3O3S. The maximum Gasteiger partial charge on any atom is 0.307 e. The van der Waals surface area contributed by atoms with Gasteiger partial charge in [0.25, 0.3) is 0 Å². The number of pyridine rings is 1. The van der Waals surface area contributed by atoms with E-state index < -0.39 is 10.1 Å². The molecule has 0 fully saturated rings. The van der Waals surface area contributed by atoms with Crippen molar-refractivity contribution in [3.63, 3.8) is 0 Å². The lowest BCUT2D eigenvalue weighted by molar-refractivity contribution is 0.429. The molecule has 0 unspecified atom stereocenters. The summed E-state index contributed by atoms with van der Waals surface area (Å²) in [5, 5.41) is 0. The topological polar surface area (TPSA) is 71.9 Å². The number of nitrogens with zero attached hydrogens (tertiary/aromatic N) is 3. The summed E-state index contributed by atoms with van der Waals surface area (Å²) < 4.78 is 27.5. The van der Waals surface area contributed by atoms with Crippen LogP contribution in [0.3, 0.4) is 0 Å². The summed E-state index contributed by atoms with van der Waals surface area (Å²) in [7, 11) is -1.68. The monoisotopic (exact) mass is 363 g/mol. The van der Waals surface area contributed by atoms with Gasteiger partial charge in [-0.15, -0.1) is 0 Å². The Labute approximate surface area is 128 Å². The average Bonchev–Trinajstić information content (AvgIpc) is 2.29. The van der Waals surface area contributed by atoms with E-state index in [1.54, 1.807) is 19.3 Å². The van der Waals surface area contributed by atoms with Crippen LogP contribution in [0.2, 0.25) is 0 Å². The van der Waals surface area contributed by atoms with E-state index in [0.717, 1.165) is 6.26 Å². The number of aromatic nitrogens is 1. The molecule has 0 atom stereocenters. The molecule has 0 aliphatic rings. The van der Waals surface area contributed by atoms with E-state index in [-0.39, 0.29) is 5.88 Å². The lowest BCUT2D eigenvalue weighted by Crippen LogP contribution is -2.24. The van der Waals surface area contributed by atoms with Crippen molar-refractivity contribution in [1.82, 2.24) is 9.88 Å². The first-order valence-electron chi connectivity index (χ1n) is 5.93. The summed E-state index contributed by atoms with van der Waals surface area (Å²) in [6.07, 6.45) is 2.68. The van der Waals surface area contributed by atoms with Crippen LogP contribution in [0.5, 0.6) is 5.88 Å². The van der Waals surface area contributed by atoms with E-state index in [9.17, 15) is 8.42 Å². The molecule has 20 heavy (non-hydrogen) atoms. The second kappa shape index (κ2) is 6.53. The largest absolute Gasteiger partial charge is 0.363 e. The summed E-state index contributed by atoms with van der Waals surface area (Å²) >= 11 is 3.23. The van der Waals surface area contributed by atoms with Crippen LogP contribution >= 0.6 is 15.9 Å². The Kier molecular flexibility index (Phi) is 5.52. The highest BCUT2D eigenvalue weighted by molar-refractivity contribution is 9.10. The highest BCUT2D eigenvalue weighted by Gasteiger charge is 2.13. The normalized spacial score (nSPS) is 12.2. The summed E-state index contributed by atoms with van der Waals surface area (Å²) in [6.45, 7) is 5.84. The van der Waals surface area contributed by atoms with Gasteiger partial charge in [0, 0.05) is 13.1 Å². The third-order valence-corrected chi connectivity index (χ3v) is 3.56. The van der Waals surface area contributed by atoms with Crippen LogP contribution in [0.1, 0.15) is 19.5 Å². The van der Waals surface area contributed by atoms with Crippen LogP contribution in [0, 0.1) is 6.92 Å². The fourth-order valence-corrected chi connectivity index (χ4v) is 2.08. The number of aryl methyl sites for hydroxylation is 1. The van der Waals surface area contributed by atoms with Gasteiger partial charge in [0.05, 0.1) is 28.4 Å². The fraction of sp³-hybridized carbons (Fsp3) is 0.500. The minimum atomic E-state index is -3.61. The van der Waals surface area contributed by atoms with Crippen molar-refractivity contribution in [2.75, 3.05) is 13.3 Å². The molecule has 6 nitrogen and oxygen atoms in total. The predicted molar refractivity (Wildman–Crippen MR) is 83.2 cm³/mol. The molecule has 1 heterocycles. The van der Waals surface area contributed by atoms with Crippen molar-refractivity contribution in [2.24, 2.45) is 4.99 Å². The molecule has 0 aliphatic heterocycles. The predicted octanol–water partition coefficient (Wildman–Crippen LogP) is 2.49.